The molecule has 0 unspecified atom stereocenters. The average Bonchev–Trinajstić information content (AvgIpc) is 2.41. The number of benzene rings is 2. The van der Waals surface area contributed by atoms with Gasteiger partial charge in [-0.25, -0.2) is 8.42 Å². The van der Waals surface area contributed by atoms with E-state index in [0.29, 0.717) is 10.7 Å². The van der Waals surface area contributed by atoms with Gasteiger partial charge in [0.2, 0.25) is 0 Å². The molecule has 0 bridgehead atoms. The Bertz CT molecular complexity index is 694. The first-order valence-corrected chi connectivity index (χ1v) is 7.39. The van der Waals surface area contributed by atoms with Crippen LogP contribution in [0, 0.1) is 0 Å². The fraction of sp³-hybridized carbons (Fsp3) is 0. The molecule has 2 rings (SSSR count). The van der Waals surface area contributed by atoms with Gasteiger partial charge in [0.1, 0.15) is 0 Å². The monoisotopic (exact) mass is 293 g/mol. The third kappa shape index (κ3) is 3.16. The van der Waals surface area contributed by atoms with Crippen molar-refractivity contribution in [3.8, 4) is 0 Å². The van der Waals surface area contributed by atoms with Crippen molar-refractivity contribution < 1.29 is 8.42 Å². The molecule has 0 saturated heterocycles. The van der Waals surface area contributed by atoms with Gasteiger partial charge in [-0.05, 0) is 29.8 Å². The molecule has 0 saturated carbocycles. The summed E-state index contributed by atoms with van der Waals surface area (Å²) < 4.78 is 26.8. The van der Waals surface area contributed by atoms with Gasteiger partial charge in [0.05, 0.1) is 15.6 Å². The predicted molar refractivity (Wildman–Crippen MR) is 78.8 cm³/mol. The third-order valence-corrected chi connectivity index (χ3v) is 4.26. The molecule has 19 heavy (non-hydrogen) atoms. The van der Waals surface area contributed by atoms with Crippen LogP contribution in [0.4, 0.5) is 5.69 Å². The number of hydrogen-bond donors (Lipinski definition) is 1. The average molecular weight is 294 g/mol. The van der Waals surface area contributed by atoms with E-state index < -0.39 is 10.0 Å². The second kappa shape index (κ2) is 5.47. The lowest BCUT2D eigenvalue weighted by atomic mass is 10.2. The maximum absolute atomic E-state index is 12.2. The quantitative estimate of drug-likeness (QED) is 0.932. The van der Waals surface area contributed by atoms with Gasteiger partial charge in [-0.1, -0.05) is 48.5 Å². The summed E-state index contributed by atoms with van der Waals surface area (Å²) in [4.78, 5) is 0.179. The summed E-state index contributed by atoms with van der Waals surface area (Å²) in [7, 11) is -3.63. The van der Waals surface area contributed by atoms with Gasteiger partial charge in [0.15, 0.2) is 0 Å². The van der Waals surface area contributed by atoms with Gasteiger partial charge in [-0.15, -0.1) is 0 Å². The molecule has 0 spiro atoms. The van der Waals surface area contributed by atoms with Crippen LogP contribution < -0.4 is 4.72 Å². The Labute approximate surface area is 117 Å². The van der Waals surface area contributed by atoms with Crippen LogP contribution in [0.2, 0.25) is 5.02 Å². The minimum atomic E-state index is -3.63. The Balaban J connectivity index is 2.32. The first-order chi connectivity index (χ1) is 9.03. The summed E-state index contributed by atoms with van der Waals surface area (Å²) in [6.07, 6.45) is 1.65. The number of halogens is 1. The van der Waals surface area contributed by atoms with Crippen molar-refractivity contribution in [3.63, 3.8) is 0 Å². The van der Waals surface area contributed by atoms with Crippen LogP contribution in [0.3, 0.4) is 0 Å². The Morgan fingerprint density at radius 2 is 1.68 bits per heavy atom. The Morgan fingerprint density at radius 3 is 2.26 bits per heavy atom. The van der Waals surface area contributed by atoms with Crippen molar-refractivity contribution in [3.05, 3.63) is 65.7 Å². The molecule has 5 heteroatoms. The molecule has 0 fully saturated rings. The van der Waals surface area contributed by atoms with E-state index in [0.717, 1.165) is 5.56 Å². The fourth-order valence-electron chi connectivity index (χ4n) is 1.53. The topological polar surface area (TPSA) is 46.2 Å². The van der Waals surface area contributed by atoms with E-state index in [9.17, 15) is 8.42 Å². The summed E-state index contributed by atoms with van der Waals surface area (Å²) in [6.45, 7) is 3.62. The van der Waals surface area contributed by atoms with Gasteiger partial charge in [-0.2, -0.15) is 0 Å². The summed E-state index contributed by atoms with van der Waals surface area (Å²) in [5, 5.41) is 0.355. The lowest BCUT2D eigenvalue weighted by Crippen LogP contribution is -2.13. The molecule has 3 nitrogen and oxygen atoms in total. The van der Waals surface area contributed by atoms with Crippen LogP contribution in [-0.4, -0.2) is 8.42 Å². The maximum Gasteiger partial charge on any atom is 0.261 e. The van der Waals surface area contributed by atoms with E-state index >= 15 is 0 Å². The summed E-state index contributed by atoms with van der Waals surface area (Å²) >= 11 is 5.93. The molecule has 0 aliphatic carbocycles. The number of hydrogen-bond acceptors (Lipinski definition) is 2. The van der Waals surface area contributed by atoms with Gasteiger partial charge in [0.25, 0.3) is 10.0 Å². The van der Waals surface area contributed by atoms with Crippen LogP contribution in [0.1, 0.15) is 5.56 Å². The highest BCUT2D eigenvalue weighted by Crippen LogP contribution is 2.24. The van der Waals surface area contributed by atoms with Crippen molar-refractivity contribution in [1.29, 1.82) is 0 Å². The highest BCUT2D eigenvalue weighted by Gasteiger charge is 2.14. The molecule has 0 radical (unpaired) electrons. The highest BCUT2D eigenvalue weighted by atomic mass is 35.5. The van der Waals surface area contributed by atoms with Crippen molar-refractivity contribution in [2.24, 2.45) is 0 Å². The van der Waals surface area contributed by atoms with E-state index in [4.69, 9.17) is 11.6 Å². The van der Waals surface area contributed by atoms with E-state index in [-0.39, 0.29) is 4.90 Å². The molecule has 2 aromatic carbocycles. The van der Waals surface area contributed by atoms with Gasteiger partial charge in [0, 0.05) is 0 Å². The summed E-state index contributed by atoms with van der Waals surface area (Å²) in [6, 6.07) is 13.1. The smallest absolute Gasteiger partial charge is 0.261 e. The number of sulfonamides is 1. The van der Waals surface area contributed by atoms with Crippen molar-refractivity contribution in [1.82, 2.24) is 0 Å². The second-order valence-electron chi connectivity index (χ2n) is 3.86. The zero-order valence-electron chi connectivity index (χ0n) is 10.0. The van der Waals surface area contributed by atoms with E-state index in [1.54, 1.807) is 42.5 Å². The van der Waals surface area contributed by atoms with Crippen molar-refractivity contribution in [2.45, 2.75) is 4.90 Å². The van der Waals surface area contributed by atoms with Crippen molar-refractivity contribution in [2.75, 3.05) is 4.72 Å². The molecule has 0 atom stereocenters. The first kappa shape index (κ1) is 13.6. The van der Waals surface area contributed by atoms with Crippen LogP contribution >= 0.6 is 11.6 Å². The lowest BCUT2D eigenvalue weighted by molar-refractivity contribution is 0.601. The number of nitrogens with one attached hydrogen (secondary N) is 1. The first-order valence-electron chi connectivity index (χ1n) is 5.53. The predicted octanol–water partition coefficient (Wildman–Crippen LogP) is 3.78. The van der Waals surface area contributed by atoms with Crippen molar-refractivity contribution >= 4 is 33.4 Å². The lowest BCUT2D eigenvalue weighted by Gasteiger charge is -2.09. The zero-order chi connectivity index (χ0) is 13.9. The highest BCUT2D eigenvalue weighted by molar-refractivity contribution is 7.92. The van der Waals surface area contributed by atoms with E-state index in [1.807, 2.05) is 0 Å². The maximum atomic E-state index is 12.2. The molecule has 98 valence electrons. The number of anilines is 1. The Kier molecular flexibility index (Phi) is 3.93. The zero-order valence-corrected chi connectivity index (χ0v) is 11.6. The van der Waals surface area contributed by atoms with Gasteiger partial charge < -0.3 is 0 Å². The van der Waals surface area contributed by atoms with Crippen LogP contribution in [0.25, 0.3) is 6.08 Å². The summed E-state index contributed by atoms with van der Waals surface area (Å²) in [5.74, 6) is 0. The van der Waals surface area contributed by atoms with E-state index in [2.05, 4.69) is 11.3 Å². The molecular formula is C14H12ClNO2S. The molecule has 0 aliphatic rings. The SMILES string of the molecule is C=Cc1ccc(S(=O)(=O)Nc2ccccc2Cl)cc1. The minimum absolute atomic E-state index is 0.179. The van der Waals surface area contributed by atoms with E-state index in [1.165, 1.54) is 12.1 Å². The second-order valence-corrected chi connectivity index (χ2v) is 5.95. The molecular weight excluding hydrogens is 282 g/mol. The minimum Gasteiger partial charge on any atom is -0.278 e. The molecule has 0 heterocycles. The number of rotatable bonds is 4. The standard InChI is InChI=1S/C14H12ClNO2S/c1-2-11-7-9-12(10-8-11)19(17,18)16-14-6-4-3-5-13(14)15/h2-10,16H,1H2. The summed E-state index contributed by atoms with van der Waals surface area (Å²) in [5.41, 5.74) is 1.22. The normalized spacial score (nSPS) is 11.0. The van der Waals surface area contributed by atoms with Gasteiger partial charge >= 0.3 is 0 Å². The van der Waals surface area contributed by atoms with Gasteiger partial charge in [-0.3, -0.25) is 4.72 Å². The molecule has 1 N–H and O–H groups in total. The molecule has 0 aromatic heterocycles. The Hall–Kier alpha value is -1.78. The molecule has 2 aromatic rings. The Morgan fingerprint density at radius 1 is 1.05 bits per heavy atom. The third-order valence-electron chi connectivity index (χ3n) is 2.54. The largest absolute Gasteiger partial charge is 0.278 e. The van der Waals surface area contributed by atoms with Crippen LogP contribution in [0.15, 0.2) is 60.0 Å². The fourth-order valence-corrected chi connectivity index (χ4v) is 2.85. The molecule has 0 aliphatic heterocycles. The molecule has 0 amide bonds. The number of para-hydroxylation sites is 1. The van der Waals surface area contributed by atoms with Crippen LogP contribution in [-0.2, 0) is 10.0 Å². The van der Waals surface area contributed by atoms with Crippen LogP contribution in [0.5, 0.6) is 0 Å².